The molecule has 1 atom stereocenters. The van der Waals surface area contributed by atoms with E-state index in [1.807, 2.05) is 4.90 Å². The molecule has 0 aromatic carbocycles. The lowest BCUT2D eigenvalue weighted by atomic mass is 9.99. The predicted octanol–water partition coefficient (Wildman–Crippen LogP) is 2.10. The minimum absolute atomic E-state index is 0.0000928. The monoisotopic (exact) mass is 310 g/mol. The molecule has 2 amide bonds. The zero-order chi connectivity index (χ0) is 15.6. The van der Waals surface area contributed by atoms with E-state index in [9.17, 15) is 9.59 Å². The van der Waals surface area contributed by atoms with E-state index >= 15 is 0 Å². The van der Waals surface area contributed by atoms with Crippen LogP contribution < -0.4 is 5.32 Å². The Kier molecular flexibility index (Phi) is 7.71. The molecule has 0 aromatic heterocycles. The quantitative estimate of drug-likeness (QED) is 0.817. The van der Waals surface area contributed by atoms with Gasteiger partial charge in [-0.1, -0.05) is 12.8 Å². The Bertz CT molecular complexity index is 346. The van der Waals surface area contributed by atoms with Gasteiger partial charge in [-0.2, -0.15) is 0 Å². The van der Waals surface area contributed by atoms with Crippen LogP contribution in [0.25, 0.3) is 0 Å². The van der Waals surface area contributed by atoms with Crippen LogP contribution in [0, 0.1) is 5.92 Å². The van der Waals surface area contributed by atoms with E-state index in [-0.39, 0.29) is 11.8 Å². The van der Waals surface area contributed by atoms with Gasteiger partial charge in [-0.25, -0.2) is 0 Å². The van der Waals surface area contributed by atoms with Crippen LogP contribution in [0.4, 0.5) is 0 Å². The molecule has 2 aliphatic rings. The van der Waals surface area contributed by atoms with Crippen LogP contribution in [0.1, 0.15) is 57.8 Å². The number of nitrogens with one attached hydrogen (secondary N) is 1. The number of nitrogens with zero attached hydrogens (tertiary/aromatic N) is 1. The fourth-order valence-electron chi connectivity index (χ4n) is 3.24. The molecule has 0 saturated carbocycles. The van der Waals surface area contributed by atoms with Crippen LogP contribution in [0.5, 0.6) is 0 Å². The number of rotatable bonds is 6. The molecule has 1 N–H and O–H groups in total. The van der Waals surface area contributed by atoms with Crippen LogP contribution in [-0.2, 0) is 14.3 Å². The summed E-state index contributed by atoms with van der Waals surface area (Å²) in [6.45, 7) is 4.12. The van der Waals surface area contributed by atoms with Crippen molar-refractivity contribution >= 4 is 11.8 Å². The van der Waals surface area contributed by atoms with Gasteiger partial charge in [0.15, 0.2) is 0 Å². The van der Waals surface area contributed by atoms with E-state index < -0.39 is 0 Å². The normalized spacial score (nSPS) is 22.9. The van der Waals surface area contributed by atoms with Crippen molar-refractivity contribution in [3.63, 3.8) is 0 Å². The first-order valence-corrected chi connectivity index (χ1v) is 8.88. The van der Waals surface area contributed by atoms with Crippen LogP contribution in [0.3, 0.4) is 0 Å². The van der Waals surface area contributed by atoms with Gasteiger partial charge in [0.05, 0.1) is 0 Å². The minimum atomic E-state index is -0.0000928. The second-order valence-electron chi connectivity index (χ2n) is 6.52. The second kappa shape index (κ2) is 9.82. The van der Waals surface area contributed by atoms with Gasteiger partial charge in [-0.15, -0.1) is 0 Å². The van der Waals surface area contributed by atoms with Crippen LogP contribution in [0.2, 0.25) is 0 Å². The van der Waals surface area contributed by atoms with Gasteiger partial charge in [-0.3, -0.25) is 9.59 Å². The molecule has 2 aliphatic heterocycles. The SMILES string of the molecule is O=C(CCC(=O)N1CCCCCC1)NCCC1CCCOC1. The van der Waals surface area contributed by atoms with Crippen LogP contribution >= 0.6 is 0 Å². The van der Waals surface area contributed by atoms with Crippen molar-refractivity contribution < 1.29 is 14.3 Å². The summed E-state index contributed by atoms with van der Waals surface area (Å²) in [5, 5.41) is 2.94. The van der Waals surface area contributed by atoms with E-state index in [2.05, 4.69) is 5.32 Å². The highest BCUT2D eigenvalue weighted by molar-refractivity contribution is 5.83. The Labute approximate surface area is 133 Å². The van der Waals surface area contributed by atoms with Gasteiger partial charge in [-0.05, 0) is 38.0 Å². The number of carbonyl (C=O) groups excluding carboxylic acids is 2. The first-order chi connectivity index (χ1) is 10.8. The predicted molar refractivity (Wildman–Crippen MR) is 85.5 cm³/mol. The summed E-state index contributed by atoms with van der Waals surface area (Å²) in [6, 6.07) is 0. The zero-order valence-electron chi connectivity index (χ0n) is 13.6. The first-order valence-electron chi connectivity index (χ1n) is 8.88. The summed E-state index contributed by atoms with van der Waals surface area (Å²) in [5.74, 6) is 0.713. The molecular weight excluding hydrogens is 280 g/mol. The molecule has 0 radical (unpaired) electrons. The number of ether oxygens (including phenoxy) is 1. The van der Waals surface area contributed by atoms with E-state index in [0.717, 1.165) is 52.0 Å². The molecule has 2 fully saturated rings. The van der Waals surface area contributed by atoms with Crippen LogP contribution in [0.15, 0.2) is 0 Å². The zero-order valence-corrected chi connectivity index (χ0v) is 13.6. The molecule has 5 nitrogen and oxygen atoms in total. The lowest BCUT2D eigenvalue weighted by Gasteiger charge is -2.22. The summed E-state index contributed by atoms with van der Waals surface area (Å²) in [4.78, 5) is 25.9. The number of likely N-dealkylation sites (tertiary alicyclic amines) is 1. The summed E-state index contributed by atoms with van der Waals surface area (Å²) in [7, 11) is 0. The Morgan fingerprint density at radius 2 is 1.82 bits per heavy atom. The molecule has 126 valence electrons. The molecule has 22 heavy (non-hydrogen) atoms. The molecule has 2 heterocycles. The molecule has 0 spiro atoms. The average Bonchev–Trinajstić information content (AvgIpc) is 2.83. The Balaban J connectivity index is 1.55. The fourth-order valence-corrected chi connectivity index (χ4v) is 3.24. The van der Waals surface area contributed by atoms with Crippen molar-refractivity contribution in [1.82, 2.24) is 10.2 Å². The van der Waals surface area contributed by atoms with Crippen molar-refractivity contribution in [3.05, 3.63) is 0 Å². The molecule has 0 aliphatic carbocycles. The number of hydrogen-bond donors (Lipinski definition) is 1. The second-order valence-corrected chi connectivity index (χ2v) is 6.52. The standard InChI is InChI=1S/C17H30N2O3/c20-16(18-10-9-15-6-5-13-22-14-15)7-8-17(21)19-11-3-1-2-4-12-19/h15H,1-14H2,(H,18,20). The summed E-state index contributed by atoms with van der Waals surface area (Å²) < 4.78 is 5.43. The maximum atomic E-state index is 12.1. The van der Waals surface area contributed by atoms with Crippen molar-refractivity contribution in [3.8, 4) is 0 Å². The smallest absolute Gasteiger partial charge is 0.223 e. The first kappa shape index (κ1) is 17.3. The number of amides is 2. The summed E-state index contributed by atoms with van der Waals surface area (Å²) in [6.07, 6.45) is 8.60. The number of carbonyl (C=O) groups is 2. The van der Waals surface area contributed by atoms with Crippen molar-refractivity contribution in [2.45, 2.75) is 57.8 Å². The molecule has 5 heteroatoms. The lowest BCUT2D eigenvalue weighted by molar-refractivity contribution is -0.133. The Morgan fingerprint density at radius 3 is 2.50 bits per heavy atom. The highest BCUT2D eigenvalue weighted by Crippen LogP contribution is 2.16. The molecule has 0 aromatic rings. The van der Waals surface area contributed by atoms with Crippen molar-refractivity contribution in [1.29, 1.82) is 0 Å². The lowest BCUT2D eigenvalue weighted by Crippen LogP contribution is -2.33. The van der Waals surface area contributed by atoms with Gasteiger partial charge in [0.1, 0.15) is 0 Å². The van der Waals surface area contributed by atoms with E-state index in [4.69, 9.17) is 4.74 Å². The van der Waals surface area contributed by atoms with Crippen molar-refractivity contribution in [2.75, 3.05) is 32.8 Å². The molecule has 2 saturated heterocycles. The largest absolute Gasteiger partial charge is 0.381 e. The third-order valence-electron chi connectivity index (χ3n) is 4.65. The third-order valence-corrected chi connectivity index (χ3v) is 4.65. The maximum absolute atomic E-state index is 12.1. The fraction of sp³-hybridized carbons (Fsp3) is 0.882. The minimum Gasteiger partial charge on any atom is -0.381 e. The molecule has 0 bridgehead atoms. The van der Waals surface area contributed by atoms with Gasteiger partial charge in [0.2, 0.25) is 11.8 Å². The average molecular weight is 310 g/mol. The van der Waals surface area contributed by atoms with Gasteiger partial charge < -0.3 is 15.0 Å². The maximum Gasteiger partial charge on any atom is 0.223 e. The highest BCUT2D eigenvalue weighted by atomic mass is 16.5. The van der Waals surface area contributed by atoms with Gasteiger partial charge >= 0.3 is 0 Å². The topological polar surface area (TPSA) is 58.6 Å². The van der Waals surface area contributed by atoms with E-state index in [1.54, 1.807) is 0 Å². The third kappa shape index (κ3) is 6.34. The number of hydrogen-bond acceptors (Lipinski definition) is 3. The van der Waals surface area contributed by atoms with Gasteiger partial charge in [0.25, 0.3) is 0 Å². The Hall–Kier alpha value is -1.10. The molecule has 1 unspecified atom stereocenters. The van der Waals surface area contributed by atoms with E-state index in [0.29, 0.717) is 25.3 Å². The molecular formula is C17H30N2O3. The van der Waals surface area contributed by atoms with E-state index in [1.165, 1.54) is 19.3 Å². The van der Waals surface area contributed by atoms with Gasteiger partial charge in [0, 0.05) is 45.7 Å². The molecule has 2 rings (SSSR count). The highest BCUT2D eigenvalue weighted by Gasteiger charge is 2.17. The summed E-state index contributed by atoms with van der Waals surface area (Å²) in [5.41, 5.74) is 0. The van der Waals surface area contributed by atoms with Crippen LogP contribution in [-0.4, -0.2) is 49.6 Å². The van der Waals surface area contributed by atoms with Crippen molar-refractivity contribution in [2.24, 2.45) is 5.92 Å². The summed E-state index contributed by atoms with van der Waals surface area (Å²) >= 11 is 0. The Morgan fingerprint density at radius 1 is 1.05 bits per heavy atom.